The van der Waals surface area contributed by atoms with Crippen molar-refractivity contribution in [3.8, 4) is 16.9 Å². The summed E-state index contributed by atoms with van der Waals surface area (Å²) < 4.78 is 115. The number of amides is 1. The summed E-state index contributed by atoms with van der Waals surface area (Å²) in [6.45, 7) is -1.67. The van der Waals surface area contributed by atoms with E-state index in [1.165, 1.54) is 25.6 Å². The number of nitrogens with zero attached hydrogens (tertiary/aromatic N) is 1. The van der Waals surface area contributed by atoms with E-state index in [-0.39, 0.29) is 16.9 Å². The van der Waals surface area contributed by atoms with Crippen LogP contribution in [0.25, 0.3) is 11.1 Å². The van der Waals surface area contributed by atoms with Crippen molar-refractivity contribution in [3.63, 3.8) is 0 Å². The fraction of sp³-hybridized carbons (Fsp3) is 0.217. The number of ether oxygens (including phenoxy) is 1. The summed E-state index contributed by atoms with van der Waals surface area (Å²) in [6.07, 6.45) is -7.62. The number of methoxy groups -OCH3 is 1. The number of aromatic nitrogens is 1. The van der Waals surface area contributed by atoms with Crippen LogP contribution in [0.15, 0.2) is 60.9 Å². The zero-order valence-electron chi connectivity index (χ0n) is 17.8. The lowest BCUT2D eigenvalue weighted by Gasteiger charge is -2.23. The maximum Gasteiger partial charge on any atom is 0.417 e. The Hall–Kier alpha value is -3.70. The molecule has 0 spiro atoms. The van der Waals surface area contributed by atoms with Gasteiger partial charge in [-0.25, -0.2) is 0 Å². The van der Waals surface area contributed by atoms with Crippen LogP contribution in [0.2, 0.25) is 0 Å². The van der Waals surface area contributed by atoms with Crippen molar-refractivity contribution in [2.45, 2.75) is 18.3 Å². The van der Waals surface area contributed by atoms with Gasteiger partial charge in [-0.15, -0.1) is 0 Å². The first kappa shape index (κ1) is 25.9. The normalized spacial score (nSPS) is 12.4. The number of carbonyl (C=O) groups is 1. The third-order valence-electron chi connectivity index (χ3n) is 4.95. The molecular formula is C23H16F8N2O2. The highest BCUT2D eigenvalue weighted by atomic mass is 19.4. The number of halogens is 8. The van der Waals surface area contributed by atoms with Gasteiger partial charge in [-0.1, -0.05) is 24.3 Å². The molecule has 3 rings (SSSR count). The SMILES string of the molecule is COc1cncc(-c2ccc(C(F)(F)CNC(=O)c3ccccc3C(F)(F)F)c(C(F)(F)F)c2)c1. The summed E-state index contributed by atoms with van der Waals surface area (Å²) >= 11 is 0. The van der Waals surface area contributed by atoms with Gasteiger partial charge in [0.05, 0.1) is 36.5 Å². The summed E-state index contributed by atoms with van der Waals surface area (Å²) in [6, 6.07) is 6.87. The van der Waals surface area contributed by atoms with Crippen LogP contribution in [-0.4, -0.2) is 24.5 Å². The largest absolute Gasteiger partial charge is 0.495 e. The van der Waals surface area contributed by atoms with E-state index in [0.717, 1.165) is 24.3 Å². The van der Waals surface area contributed by atoms with Crippen LogP contribution in [-0.2, 0) is 18.3 Å². The standard InChI is InChI=1S/C23H16F8N2O2/c1-35-15-8-14(10-32-11-15)13-6-7-18(19(9-13)23(29,30)31)21(24,25)12-33-20(34)16-4-2-3-5-17(16)22(26,27)28/h2-11H,12H2,1H3,(H,33,34). The highest BCUT2D eigenvalue weighted by Crippen LogP contribution is 2.41. The number of hydrogen-bond acceptors (Lipinski definition) is 3. The van der Waals surface area contributed by atoms with Gasteiger partial charge >= 0.3 is 12.4 Å². The molecule has 0 saturated carbocycles. The van der Waals surface area contributed by atoms with Crippen LogP contribution in [0.5, 0.6) is 5.75 Å². The maximum atomic E-state index is 14.8. The Morgan fingerprint density at radius 1 is 0.829 bits per heavy atom. The first-order valence-electron chi connectivity index (χ1n) is 9.77. The van der Waals surface area contributed by atoms with Gasteiger partial charge in [-0.3, -0.25) is 9.78 Å². The molecular weight excluding hydrogens is 488 g/mol. The summed E-state index contributed by atoms with van der Waals surface area (Å²) in [4.78, 5) is 16.0. The van der Waals surface area contributed by atoms with Crippen LogP contribution >= 0.6 is 0 Å². The van der Waals surface area contributed by atoms with E-state index in [0.29, 0.717) is 18.2 Å². The molecule has 0 radical (unpaired) electrons. The highest BCUT2D eigenvalue weighted by Gasteiger charge is 2.43. The molecule has 0 saturated heterocycles. The number of benzene rings is 2. The van der Waals surface area contributed by atoms with Crippen LogP contribution < -0.4 is 10.1 Å². The fourth-order valence-corrected chi connectivity index (χ4v) is 3.28. The predicted octanol–water partition coefficient (Wildman–Crippen LogP) is 6.32. The topological polar surface area (TPSA) is 51.2 Å². The second-order valence-electron chi connectivity index (χ2n) is 7.30. The molecule has 0 fully saturated rings. The Balaban J connectivity index is 1.93. The molecule has 0 bridgehead atoms. The van der Waals surface area contributed by atoms with Crippen molar-refractivity contribution in [2.75, 3.05) is 13.7 Å². The number of hydrogen-bond donors (Lipinski definition) is 1. The van der Waals surface area contributed by atoms with Crippen molar-refractivity contribution in [3.05, 3.63) is 83.2 Å². The van der Waals surface area contributed by atoms with Gasteiger partial charge in [0.2, 0.25) is 0 Å². The zero-order valence-corrected chi connectivity index (χ0v) is 17.8. The Kier molecular flexibility index (Phi) is 7.04. The van der Waals surface area contributed by atoms with Gasteiger partial charge in [0, 0.05) is 17.3 Å². The number of pyridine rings is 1. The number of rotatable bonds is 6. The summed E-state index contributed by atoms with van der Waals surface area (Å²) in [5.41, 5.74) is -5.34. The van der Waals surface area contributed by atoms with Gasteiger partial charge in [0.25, 0.3) is 11.8 Å². The van der Waals surface area contributed by atoms with E-state index in [9.17, 15) is 39.9 Å². The predicted molar refractivity (Wildman–Crippen MR) is 109 cm³/mol. The Morgan fingerprint density at radius 2 is 1.49 bits per heavy atom. The average molecular weight is 504 g/mol. The molecule has 12 heteroatoms. The van der Waals surface area contributed by atoms with E-state index < -0.39 is 53.0 Å². The van der Waals surface area contributed by atoms with Crippen LogP contribution in [0, 0.1) is 0 Å². The number of nitrogens with one attached hydrogen (secondary N) is 1. The third-order valence-corrected chi connectivity index (χ3v) is 4.95. The highest BCUT2D eigenvalue weighted by molar-refractivity contribution is 5.95. The number of alkyl halides is 8. The van der Waals surface area contributed by atoms with E-state index in [1.54, 1.807) is 5.32 Å². The van der Waals surface area contributed by atoms with Crippen LogP contribution in [0.3, 0.4) is 0 Å². The Bertz CT molecular complexity index is 1220. The van der Waals surface area contributed by atoms with Crippen LogP contribution in [0.1, 0.15) is 27.0 Å². The fourth-order valence-electron chi connectivity index (χ4n) is 3.28. The Morgan fingerprint density at radius 3 is 2.11 bits per heavy atom. The van der Waals surface area contributed by atoms with Gasteiger partial charge in [0.15, 0.2) is 0 Å². The van der Waals surface area contributed by atoms with Crippen molar-refractivity contribution in [1.82, 2.24) is 10.3 Å². The van der Waals surface area contributed by atoms with Crippen molar-refractivity contribution < 1.29 is 44.7 Å². The van der Waals surface area contributed by atoms with E-state index in [2.05, 4.69) is 4.98 Å². The molecule has 186 valence electrons. The van der Waals surface area contributed by atoms with Gasteiger partial charge in [-0.2, -0.15) is 35.1 Å². The first-order valence-corrected chi connectivity index (χ1v) is 9.77. The molecule has 1 N–H and O–H groups in total. The molecule has 1 heterocycles. The molecule has 0 aliphatic heterocycles. The molecule has 0 aliphatic carbocycles. The average Bonchev–Trinajstić information content (AvgIpc) is 2.81. The lowest BCUT2D eigenvalue weighted by molar-refractivity contribution is -0.142. The van der Waals surface area contributed by atoms with Crippen molar-refractivity contribution >= 4 is 5.91 Å². The summed E-state index contributed by atoms with van der Waals surface area (Å²) in [5.74, 6) is -5.55. The Labute approximate surface area is 193 Å². The second-order valence-corrected chi connectivity index (χ2v) is 7.30. The van der Waals surface area contributed by atoms with Crippen LogP contribution in [0.4, 0.5) is 35.1 Å². The zero-order chi connectivity index (χ0) is 26.0. The number of carbonyl (C=O) groups excluding carboxylic acids is 1. The molecule has 0 aliphatic rings. The molecule has 1 amide bonds. The monoisotopic (exact) mass is 504 g/mol. The molecule has 0 atom stereocenters. The molecule has 0 unspecified atom stereocenters. The smallest absolute Gasteiger partial charge is 0.417 e. The lowest BCUT2D eigenvalue weighted by atomic mass is 9.95. The van der Waals surface area contributed by atoms with E-state index in [4.69, 9.17) is 4.74 Å². The summed E-state index contributed by atoms with van der Waals surface area (Å²) in [7, 11) is 1.31. The van der Waals surface area contributed by atoms with Gasteiger partial charge in [-0.05, 0) is 29.8 Å². The van der Waals surface area contributed by atoms with Crippen molar-refractivity contribution in [2.24, 2.45) is 0 Å². The maximum absolute atomic E-state index is 14.8. The molecule has 2 aromatic carbocycles. The molecule has 35 heavy (non-hydrogen) atoms. The lowest BCUT2D eigenvalue weighted by Crippen LogP contribution is -2.37. The minimum absolute atomic E-state index is 0.0774. The molecule has 1 aromatic heterocycles. The third kappa shape index (κ3) is 5.87. The van der Waals surface area contributed by atoms with Gasteiger partial charge < -0.3 is 10.1 Å². The molecule has 3 aromatic rings. The van der Waals surface area contributed by atoms with E-state index in [1.807, 2.05) is 0 Å². The van der Waals surface area contributed by atoms with E-state index >= 15 is 0 Å². The van der Waals surface area contributed by atoms with Gasteiger partial charge in [0.1, 0.15) is 5.75 Å². The minimum Gasteiger partial charge on any atom is -0.495 e. The quantitative estimate of drug-likeness (QED) is 0.400. The minimum atomic E-state index is -5.20. The second kappa shape index (κ2) is 9.51. The summed E-state index contributed by atoms with van der Waals surface area (Å²) in [5, 5.41) is 1.61. The molecule has 4 nitrogen and oxygen atoms in total. The first-order chi connectivity index (χ1) is 16.2. The van der Waals surface area contributed by atoms with Crippen molar-refractivity contribution in [1.29, 1.82) is 0 Å².